The van der Waals surface area contributed by atoms with E-state index in [1.165, 1.54) is 0 Å². The van der Waals surface area contributed by atoms with Gasteiger partial charge in [-0.1, -0.05) is 18.1 Å². The smallest absolute Gasteiger partial charge is 0.126 e. The highest BCUT2D eigenvalue weighted by atomic mass is 19.1. The highest BCUT2D eigenvalue weighted by Gasteiger charge is 2.05. The van der Waals surface area contributed by atoms with E-state index in [9.17, 15) is 4.39 Å². The minimum Gasteiger partial charge on any atom is -0.300 e. The highest BCUT2D eigenvalue weighted by molar-refractivity contribution is 5.25. The quantitative estimate of drug-likeness (QED) is 0.723. The van der Waals surface area contributed by atoms with E-state index in [1.54, 1.807) is 19.1 Å². The molecule has 0 saturated carbocycles. The van der Waals surface area contributed by atoms with E-state index in [0.717, 1.165) is 5.56 Å². The Morgan fingerprint density at radius 1 is 1.57 bits per heavy atom. The molecule has 0 aliphatic rings. The summed E-state index contributed by atoms with van der Waals surface area (Å²) in [7, 11) is 0. The molecule has 74 valence electrons. The average Bonchev–Trinajstić information content (AvgIpc) is 2.18. The van der Waals surface area contributed by atoms with Gasteiger partial charge in [0, 0.05) is 6.04 Å². The van der Waals surface area contributed by atoms with Crippen molar-refractivity contribution in [3.05, 3.63) is 35.1 Å². The monoisotopic (exact) mass is 191 g/mol. The fraction of sp³-hybridized carbons (Fsp3) is 0.333. The van der Waals surface area contributed by atoms with E-state index in [0.29, 0.717) is 12.1 Å². The first-order valence-corrected chi connectivity index (χ1v) is 4.58. The highest BCUT2D eigenvalue weighted by Crippen LogP contribution is 2.15. The third-order valence-electron chi connectivity index (χ3n) is 2.21. The van der Waals surface area contributed by atoms with Gasteiger partial charge in [-0.2, -0.15) is 0 Å². The Morgan fingerprint density at radius 2 is 2.29 bits per heavy atom. The van der Waals surface area contributed by atoms with Crippen LogP contribution in [0.15, 0.2) is 18.2 Å². The minimum absolute atomic E-state index is 0.0844. The predicted octanol–water partition coefficient (Wildman–Crippen LogP) is 2.42. The van der Waals surface area contributed by atoms with E-state index in [1.807, 2.05) is 13.0 Å². The minimum atomic E-state index is -0.170. The molecule has 1 unspecified atom stereocenters. The van der Waals surface area contributed by atoms with Crippen LogP contribution in [0.4, 0.5) is 4.39 Å². The average molecular weight is 191 g/mol. The molecule has 0 saturated heterocycles. The van der Waals surface area contributed by atoms with Gasteiger partial charge in [-0.15, -0.1) is 6.42 Å². The normalized spacial score (nSPS) is 12.1. The van der Waals surface area contributed by atoms with Crippen LogP contribution in [0.3, 0.4) is 0 Å². The van der Waals surface area contributed by atoms with Gasteiger partial charge in [0.05, 0.1) is 6.54 Å². The zero-order valence-corrected chi connectivity index (χ0v) is 8.47. The summed E-state index contributed by atoms with van der Waals surface area (Å²) in [6.45, 7) is 4.21. The molecule has 0 radical (unpaired) electrons. The van der Waals surface area contributed by atoms with Crippen molar-refractivity contribution in [3.63, 3.8) is 0 Å². The molecule has 1 aromatic rings. The Morgan fingerprint density at radius 3 is 2.86 bits per heavy atom. The molecule has 1 N–H and O–H groups in total. The number of aryl methyl sites for hydroxylation is 1. The van der Waals surface area contributed by atoms with Crippen molar-refractivity contribution in [2.24, 2.45) is 0 Å². The Bertz CT molecular complexity index is 352. The molecule has 0 aliphatic carbocycles. The Kier molecular flexibility index (Phi) is 3.67. The topological polar surface area (TPSA) is 12.0 Å². The summed E-state index contributed by atoms with van der Waals surface area (Å²) in [5.74, 6) is 2.32. The number of hydrogen-bond donors (Lipinski definition) is 1. The summed E-state index contributed by atoms with van der Waals surface area (Å²) < 4.78 is 13.2. The van der Waals surface area contributed by atoms with Crippen LogP contribution in [0.5, 0.6) is 0 Å². The molecular weight excluding hydrogens is 177 g/mol. The Balaban J connectivity index is 2.76. The molecule has 0 aromatic heterocycles. The van der Waals surface area contributed by atoms with Gasteiger partial charge in [0.25, 0.3) is 0 Å². The molecule has 2 heteroatoms. The lowest BCUT2D eigenvalue weighted by molar-refractivity contribution is 0.592. The van der Waals surface area contributed by atoms with Crippen molar-refractivity contribution < 1.29 is 4.39 Å². The maximum absolute atomic E-state index is 13.2. The van der Waals surface area contributed by atoms with Gasteiger partial charge in [0.2, 0.25) is 0 Å². The van der Waals surface area contributed by atoms with Crippen molar-refractivity contribution in [2.45, 2.75) is 19.9 Å². The standard InChI is InChI=1S/C12H14FN/c1-4-7-14-10(3)11-6-5-9(2)12(13)8-11/h1,5-6,8,10,14H,7H2,2-3H3. The van der Waals surface area contributed by atoms with Crippen LogP contribution < -0.4 is 5.32 Å². The maximum atomic E-state index is 13.2. The number of terminal acetylenes is 1. The van der Waals surface area contributed by atoms with Gasteiger partial charge >= 0.3 is 0 Å². The molecule has 0 heterocycles. The van der Waals surface area contributed by atoms with Crippen LogP contribution >= 0.6 is 0 Å². The van der Waals surface area contributed by atoms with E-state index < -0.39 is 0 Å². The Hall–Kier alpha value is -1.33. The summed E-state index contributed by atoms with van der Waals surface area (Å²) in [5.41, 5.74) is 1.58. The molecule has 1 rings (SSSR count). The molecule has 0 spiro atoms. The third-order valence-corrected chi connectivity index (χ3v) is 2.21. The van der Waals surface area contributed by atoms with E-state index in [2.05, 4.69) is 11.2 Å². The number of benzene rings is 1. The van der Waals surface area contributed by atoms with E-state index in [4.69, 9.17) is 6.42 Å². The fourth-order valence-corrected chi connectivity index (χ4v) is 1.21. The van der Waals surface area contributed by atoms with Crippen molar-refractivity contribution in [1.29, 1.82) is 0 Å². The van der Waals surface area contributed by atoms with Crippen molar-refractivity contribution in [3.8, 4) is 12.3 Å². The lowest BCUT2D eigenvalue weighted by Gasteiger charge is -2.12. The number of halogens is 1. The first-order valence-electron chi connectivity index (χ1n) is 4.58. The van der Waals surface area contributed by atoms with Crippen molar-refractivity contribution in [2.75, 3.05) is 6.54 Å². The second-order valence-electron chi connectivity index (χ2n) is 3.32. The van der Waals surface area contributed by atoms with Gasteiger partial charge in [0.15, 0.2) is 0 Å². The molecule has 0 bridgehead atoms. The van der Waals surface area contributed by atoms with Gasteiger partial charge in [0.1, 0.15) is 5.82 Å². The van der Waals surface area contributed by atoms with Crippen LogP contribution in [-0.4, -0.2) is 6.54 Å². The molecule has 0 fully saturated rings. The van der Waals surface area contributed by atoms with Crippen LogP contribution in [0.25, 0.3) is 0 Å². The number of nitrogens with one attached hydrogen (secondary N) is 1. The Labute approximate surface area is 84.3 Å². The SMILES string of the molecule is C#CCNC(C)c1ccc(C)c(F)c1. The molecule has 1 aromatic carbocycles. The van der Waals surface area contributed by atoms with Crippen LogP contribution in [-0.2, 0) is 0 Å². The van der Waals surface area contributed by atoms with Gasteiger partial charge in [-0.25, -0.2) is 4.39 Å². The van der Waals surface area contributed by atoms with Crippen molar-refractivity contribution >= 4 is 0 Å². The second-order valence-corrected chi connectivity index (χ2v) is 3.32. The largest absolute Gasteiger partial charge is 0.300 e. The fourth-order valence-electron chi connectivity index (χ4n) is 1.21. The molecule has 0 aliphatic heterocycles. The van der Waals surface area contributed by atoms with E-state index >= 15 is 0 Å². The predicted molar refractivity (Wildman–Crippen MR) is 56.4 cm³/mol. The summed E-state index contributed by atoms with van der Waals surface area (Å²) in [6, 6.07) is 5.32. The first-order chi connectivity index (χ1) is 6.65. The van der Waals surface area contributed by atoms with Crippen LogP contribution in [0, 0.1) is 25.1 Å². The summed E-state index contributed by atoms with van der Waals surface area (Å²) in [5, 5.41) is 3.09. The number of rotatable bonds is 3. The van der Waals surface area contributed by atoms with E-state index in [-0.39, 0.29) is 11.9 Å². The van der Waals surface area contributed by atoms with Gasteiger partial charge in [-0.05, 0) is 31.0 Å². The molecular formula is C12H14FN. The second kappa shape index (κ2) is 4.78. The van der Waals surface area contributed by atoms with Crippen molar-refractivity contribution in [1.82, 2.24) is 5.32 Å². The molecule has 1 atom stereocenters. The number of hydrogen-bond acceptors (Lipinski definition) is 1. The van der Waals surface area contributed by atoms with Gasteiger partial charge < -0.3 is 0 Å². The molecule has 14 heavy (non-hydrogen) atoms. The summed E-state index contributed by atoms with van der Waals surface area (Å²) >= 11 is 0. The molecule has 1 nitrogen and oxygen atoms in total. The lowest BCUT2D eigenvalue weighted by atomic mass is 10.1. The maximum Gasteiger partial charge on any atom is 0.126 e. The zero-order chi connectivity index (χ0) is 10.6. The summed E-state index contributed by atoms with van der Waals surface area (Å²) in [4.78, 5) is 0. The first kappa shape index (κ1) is 10.7. The zero-order valence-electron chi connectivity index (χ0n) is 8.47. The van der Waals surface area contributed by atoms with Gasteiger partial charge in [-0.3, -0.25) is 5.32 Å². The third kappa shape index (κ3) is 2.58. The van der Waals surface area contributed by atoms with Crippen LogP contribution in [0.1, 0.15) is 24.1 Å². The van der Waals surface area contributed by atoms with Crippen LogP contribution in [0.2, 0.25) is 0 Å². The lowest BCUT2D eigenvalue weighted by Crippen LogP contribution is -2.18. The molecule has 0 amide bonds. The summed E-state index contributed by atoms with van der Waals surface area (Å²) in [6.07, 6.45) is 5.12.